The van der Waals surface area contributed by atoms with E-state index in [2.05, 4.69) is 17.3 Å². The lowest BCUT2D eigenvalue weighted by Crippen LogP contribution is -2.29. The second-order valence-electron chi connectivity index (χ2n) is 3.97. The zero-order valence-electron chi connectivity index (χ0n) is 10.5. The minimum absolute atomic E-state index is 0.00852. The van der Waals surface area contributed by atoms with Gasteiger partial charge in [0.1, 0.15) is 5.75 Å². The van der Waals surface area contributed by atoms with Crippen LogP contribution in [0.4, 0.5) is 0 Å². The first kappa shape index (κ1) is 13.1. The molecule has 0 atom stereocenters. The van der Waals surface area contributed by atoms with Gasteiger partial charge in [-0.3, -0.25) is 4.79 Å². The van der Waals surface area contributed by atoms with E-state index in [1.165, 1.54) is 0 Å². The fourth-order valence-electron chi connectivity index (χ4n) is 1.49. The Morgan fingerprint density at radius 2 is 2.12 bits per heavy atom. The van der Waals surface area contributed by atoms with E-state index in [0.717, 1.165) is 22.4 Å². The van der Waals surface area contributed by atoms with Crippen LogP contribution in [0.1, 0.15) is 16.7 Å². The molecule has 0 aliphatic carbocycles. The number of benzene rings is 1. The molecule has 3 heteroatoms. The number of carbonyl (C=O) groups excluding carboxylic acids is 1. The van der Waals surface area contributed by atoms with Crippen LogP contribution in [0, 0.1) is 33.1 Å². The number of terminal acetylenes is 1. The van der Waals surface area contributed by atoms with Crippen LogP contribution in [-0.2, 0) is 4.79 Å². The topological polar surface area (TPSA) is 38.3 Å². The summed E-state index contributed by atoms with van der Waals surface area (Å²) >= 11 is 0. The third-order valence-electron chi connectivity index (χ3n) is 2.51. The molecule has 0 saturated heterocycles. The van der Waals surface area contributed by atoms with Crippen LogP contribution in [-0.4, -0.2) is 19.1 Å². The average molecular weight is 231 g/mol. The zero-order valence-corrected chi connectivity index (χ0v) is 10.5. The second kappa shape index (κ2) is 5.95. The van der Waals surface area contributed by atoms with Crippen LogP contribution < -0.4 is 10.1 Å². The molecule has 1 aromatic rings. The smallest absolute Gasteiger partial charge is 0.258 e. The Hall–Kier alpha value is -1.95. The zero-order chi connectivity index (χ0) is 12.8. The van der Waals surface area contributed by atoms with Gasteiger partial charge in [-0.2, -0.15) is 0 Å². The van der Waals surface area contributed by atoms with Crippen LogP contribution in [0.3, 0.4) is 0 Å². The van der Waals surface area contributed by atoms with Crippen molar-refractivity contribution in [1.82, 2.24) is 5.32 Å². The first-order valence-corrected chi connectivity index (χ1v) is 5.45. The van der Waals surface area contributed by atoms with Crippen molar-refractivity contribution in [3.63, 3.8) is 0 Å². The number of aryl methyl sites for hydroxylation is 2. The number of nitrogens with one attached hydrogen (secondary N) is 1. The summed E-state index contributed by atoms with van der Waals surface area (Å²) in [4.78, 5) is 11.3. The fraction of sp³-hybridized carbons (Fsp3) is 0.357. The number of amides is 1. The summed E-state index contributed by atoms with van der Waals surface area (Å²) in [5, 5.41) is 2.55. The Morgan fingerprint density at radius 3 is 2.76 bits per heavy atom. The SMILES string of the molecule is C#CCNC(=O)COc1cc(C)cc(C)c1C. The summed E-state index contributed by atoms with van der Waals surface area (Å²) in [5.74, 6) is 2.88. The van der Waals surface area contributed by atoms with E-state index in [1.807, 2.05) is 26.8 Å². The molecule has 17 heavy (non-hydrogen) atoms. The molecule has 0 aliphatic rings. The number of hydrogen-bond acceptors (Lipinski definition) is 2. The largest absolute Gasteiger partial charge is 0.483 e. The van der Waals surface area contributed by atoms with Gasteiger partial charge < -0.3 is 10.1 Å². The lowest BCUT2D eigenvalue weighted by Gasteiger charge is -2.11. The summed E-state index contributed by atoms with van der Waals surface area (Å²) < 4.78 is 5.48. The molecule has 1 aromatic carbocycles. The molecule has 0 bridgehead atoms. The Kier molecular flexibility index (Phi) is 4.59. The monoisotopic (exact) mass is 231 g/mol. The number of hydrogen-bond donors (Lipinski definition) is 1. The van der Waals surface area contributed by atoms with Gasteiger partial charge in [-0.15, -0.1) is 6.42 Å². The minimum atomic E-state index is -0.207. The van der Waals surface area contributed by atoms with E-state index < -0.39 is 0 Å². The van der Waals surface area contributed by atoms with Crippen LogP contribution in [0.5, 0.6) is 5.75 Å². The quantitative estimate of drug-likeness (QED) is 0.802. The first-order chi connectivity index (χ1) is 8.04. The van der Waals surface area contributed by atoms with E-state index in [0.29, 0.717) is 0 Å². The highest BCUT2D eigenvalue weighted by atomic mass is 16.5. The second-order valence-corrected chi connectivity index (χ2v) is 3.97. The molecule has 0 unspecified atom stereocenters. The molecule has 0 fully saturated rings. The Labute approximate surface area is 102 Å². The number of rotatable bonds is 4. The normalized spacial score (nSPS) is 9.53. The van der Waals surface area contributed by atoms with Crippen molar-refractivity contribution in [2.24, 2.45) is 0 Å². The molecular weight excluding hydrogens is 214 g/mol. The Balaban J connectivity index is 2.64. The van der Waals surface area contributed by atoms with E-state index in [-0.39, 0.29) is 19.1 Å². The lowest BCUT2D eigenvalue weighted by atomic mass is 10.1. The van der Waals surface area contributed by atoms with Gasteiger partial charge in [0, 0.05) is 0 Å². The van der Waals surface area contributed by atoms with Crippen molar-refractivity contribution in [1.29, 1.82) is 0 Å². The maximum Gasteiger partial charge on any atom is 0.258 e. The lowest BCUT2D eigenvalue weighted by molar-refractivity contribution is -0.122. The standard InChI is InChI=1S/C14H17NO2/c1-5-6-15-14(16)9-17-13-8-10(2)7-11(3)12(13)4/h1,7-8H,6,9H2,2-4H3,(H,15,16). The molecule has 0 radical (unpaired) electrons. The van der Waals surface area contributed by atoms with Crippen molar-refractivity contribution < 1.29 is 9.53 Å². The fourth-order valence-corrected chi connectivity index (χ4v) is 1.49. The molecule has 0 aliphatic heterocycles. The maximum atomic E-state index is 11.3. The van der Waals surface area contributed by atoms with Crippen LogP contribution in [0.25, 0.3) is 0 Å². The van der Waals surface area contributed by atoms with Gasteiger partial charge >= 0.3 is 0 Å². The molecule has 3 nitrogen and oxygen atoms in total. The van der Waals surface area contributed by atoms with Gasteiger partial charge in [0.05, 0.1) is 6.54 Å². The molecule has 90 valence electrons. The summed E-state index contributed by atoms with van der Waals surface area (Å²) in [5.41, 5.74) is 3.33. The van der Waals surface area contributed by atoms with Crippen LogP contribution >= 0.6 is 0 Å². The van der Waals surface area contributed by atoms with Crippen molar-refractivity contribution in [2.75, 3.05) is 13.2 Å². The van der Waals surface area contributed by atoms with E-state index in [1.54, 1.807) is 0 Å². The van der Waals surface area contributed by atoms with Gasteiger partial charge in [0.15, 0.2) is 6.61 Å². The van der Waals surface area contributed by atoms with Gasteiger partial charge in [0.25, 0.3) is 5.91 Å². The van der Waals surface area contributed by atoms with E-state index in [9.17, 15) is 4.79 Å². The molecule has 0 saturated carbocycles. The van der Waals surface area contributed by atoms with Crippen molar-refractivity contribution in [3.05, 3.63) is 28.8 Å². The van der Waals surface area contributed by atoms with E-state index >= 15 is 0 Å². The van der Waals surface area contributed by atoms with Gasteiger partial charge in [-0.25, -0.2) is 0 Å². The van der Waals surface area contributed by atoms with Crippen molar-refractivity contribution in [2.45, 2.75) is 20.8 Å². The van der Waals surface area contributed by atoms with E-state index in [4.69, 9.17) is 11.2 Å². The van der Waals surface area contributed by atoms with Gasteiger partial charge in [-0.05, 0) is 43.5 Å². The molecule has 1 N–H and O–H groups in total. The predicted octanol–water partition coefficient (Wildman–Crippen LogP) is 1.74. The van der Waals surface area contributed by atoms with Gasteiger partial charge in [0.2, 0.25) is 0 Å². The summed E-state index contributed by atoms with van der Waals surface area (Å²) in [6.45, 7) is 6.22. The van der Waals surface area contributed by atoms with Crippen LogP contribution in [0.15, 0.2) is 12.1 Å². The third kappa shape index (κ3) is 3.84. The highest BCUT2D eigenvalue weighted by Crippen LogP contribution is 2.22. The summed E-state index contributed by atoms with van der Waals surface area (Å²) in [6, 6.07) is 4.01. The summed E-state index contributed by atoms with van der Waals surface area (Å²) in [7, 11) is 0. The Bertz CT molecular complexity index is 458. The molecular formula is C14H17NO2. The molecule has 1 amide bonds. The third-order valence-corrected chi connectivity index (χ3v) is 2.51. The first-order valence-electron chi connectivity index (χ1n) is 5.45. The highest BCUT2D eigenvalue weighted by molar-refractivity contribution is 5.77. The van der Waals surface area contributed by atoms with Crippen molar-refractivity contribution in [3.8, 4) is 18.1 Å². The predicted molar refractivity (Wildman–Crippen MR) is 68.0 cm³/mol. The Morgan fingerprint density at radius 1 is 1.41 bits per heavy atom. The molecule has 0 aromatic heterocycles. The maximum absolute atomic E-state index is 11.3. The minimum Gasteiger partial charge on any atom is -0.483 e. The number of ether oxygens (including phenoxy) is 1. The van der Waals surface area contributed by atoms with Gasteiger partial charge in [-0.1, -0.05) is 12.0 Å². The van der Waals surface area contributed by atoms with Crippen LogP contribution in [0.2, 0.25) is 0 Å². The summed E-state index contributed by atoms with van der Waals surface area (Å²) in [6.07, 6.45) is 5.04. The highest BCUT2D eigenvalue weighted by Gasteiger charge is 2.06. The molecule has 0 spiro atoms. The molecule has 0 heterocycles. The molecule has 1 rings (SSSR count). The van der Waals surface area contributed by atoms with Crippen molar-refractivity contribution >= 4 is 5.91 Å². The number of carbonyl (C=O) groups is 1. The average Bonchev–Trinajstić information content (AvgIpc) is 2.29.